The second kappa shape index (κ2) is 8.39. The fraction of sp³-hybridized carbons (Fsp3) is 0.346. The molecule has 0 N–H and O–H groups in total. The Balaban J connectivity index is 1.60. The minimum absolute atomic E-state index is 0.104. The zero-order valence-electron chi connectivity index (χ0n) is 20.9. The molecule has 11 heteroatoms. The number of carbonyl (C=O) groups excluding carboxylic acids is 1. The Morgan fingerprint density at radius 1 is 1.16 bits per heavy atom. The summed E-state index contributed by atoms with van der Waals surface area (Å²) in [4.78, 5) is 23.9. The van der Waals surface area contributed by atoms with Crippen LogP contribution >= 0.6 is 0 Å². The van der Waals surface area contributed by atoms with Crippen molar-refractivity contribution in [3.05, 3.63) is 59.6 Å². The van der Waals surface area contributed by atoms with Crippen LogP contribution in [0, 0.1) is 12.7 Å². The minimum atomic E-state index is -0.790. The number of rotatable bonds is 1. The van der Waals surface area contributed by atoms with E-state index >= 15 is 4.39 Å². The fourth-order valence-corrected chi connectivity index (χ4v) is 4.74. The third-order valence-electron chi connectivity index (χ3n) is 6.32. The Bertz CT molecular complexity index is 1550. The zero-order chi connectivity index (χ0) is 25.9. The van der Waals surface area contributed by atoms with Gasteiger partial charge in [-0.2, -0.15) is 0 Å². The quantitative estimate of drug-likeness (QED) is 0.379. The average Bonchev–Trinajstić information content (AvgIpc) is 3.48. The molecule has 0 saturated carbocycles. The Hall–Kier alpha value is -4.28. The van der Waals surface area contributed by atoms with Crippen LogP contribution in [0.1, 0.15) is 37.6 Å². The number of pyridine rings is 1. The van der Waals surface area contributed by atoms with E-state index in [0.717, 1.165) is 5.56 Å². The molecule has 1 unspecified atom stereocenters. The predicted octanol–water partition coefficient (Wildman–Crippen LogP) is 4.27. The topological polar surface area (TPSA) is 104 Å². The molecule has 190 valence electrons. The van der Waals surface area contributed by atoms with Gasteiger partial charge in [0.25, 0.3) is 0 Å². The molecule has 1 amide bonds. The van der Waals surface area contributed by atoms with Gasteiger partial charge in [0.2, 0.25) is 0 Å². The predicted molar refractivity (Wildman–Crippen MR) is 131 cm³/mol. The molecule has 0 radical (unpaired) electrons. The zero-order valence-corrected chi connectivity index (χ0v) is 20.9. The first-order chi connectivity index (χ1) is 17.7. The number of aromatic nitrogens is 5. The van der Waals surface area contributed by atoms with E-state index in [1.807, 2.05) is 6.92 Å². The maximum atomic E-state index is 15.2. The lowest BCUT2D eigenvalue weighted by molar-refractivity contribution is 0.0573. The molecule has 10 nitrogen and oxygen atoms in total. The van der Waals surface area contributed by atoms with Crippen molar-refractivity contribution in [2.24, 2.45) is 0 Å². The smallest absolute Gasteiger partial charge is 0.416 e. The maximum absolute atomic E-state index is 15.2. The second-order valence-electron chi connectivity index (χ2n) is 10.1. The molecule has 3 aromatic heterocycles. The van der Waals surface area contributed by atoms with E-state index in [1.165, 1.54) is 17.3 Å². The molecule has 1 aromatic carbocycles. The number of ether oxygens (including phenoxy) is 3. The van der Waals surface area contributed by atoms with Crippen molar-refractivity contribution in [3.8, 4) is 22.8 Å². The van der Waals surface area contributed by atoms with E-state index in [2.05, 4.69) is 20.2 Å². The van der Waals surface area contributed by atoms with Gasteiger partial charge >= 0.3 is 6.09 Å². The van der Waals surface area contributed by atoms with E-state index in [1.54, 1.807) is 49.7 Å². The highest BCUT2D eigenvalue weighted by molar-refractivity contribution is 5.91. The largest absolute Gasteiger partial charge is 0.486 e. The van der Waals surface area contributed by atoms with Crippen LogP contribution in [0.4, 0.5) is 15.0 Å². The van der Waals surface area contributed by atoms with Crippen molar-refractivity contribution >= 4 is 17.6 Å². The summed E-state index contributed by atoms with van der Waals surface area (Å²) in [6.45, 7) is 7.24. The molecule has 37 heavy (non-hydrogen) atoms. The lowest BCUT2D eigenvalue weighted by Crippen LogP contribution is -2.38. The molecule has 4 aromatic rings. The number of hydrogen-bond acceptors (Lipinski definition) is 8. The summed E-state index contributed by atoms with van der Waals surface area (Å²) in [6.07, 6.45) is 4.18. The number of carbonyl (C=O) groups is 1. The van der Waals surface area contributed by atoms with Gasteiger partial charge in [-0.1, -0.05) is 0 Å². The normalized spacial score (nSPS) is 16.7. The molecular formula is C26H25FN6O4. The van der Waals surface area contributed by atoms with E-state index < -0.39 is 17.5 Å². The Labute approximate surface area is 212 Å². The number of hydrogen-bond donors (Lipinski definition) is 0. The van der Waals surface area contributed by atoms with Gasteiger partial charge < -0.3 is 14.2 Å². The summed E-state index contributed by atoms with van der Waals surface area (Å²) in [5, 5.41) is 8.42. The summed E-state index contributed by atoms with van der Waals surface area (Å²) in [5.74, 6) is 0.834. The average molecular weight is 505 g/mol. The van der Waals surface area contributed by atoms with Crippen molar-refractivity contribution in [2.45, 2.75) is 52.4 Å². The number of amides is 1. The highest BCUT2D eigenvalue weighted by atomic mass is 19.1. The van der Waals surface area contributed by atoms with Crippen molar-refractivity contribution < 1.29 is 23.4 Å². The van der Waals surface area contributed by atoms with Crippen LogP contribution in [0.15, 0.2) is 36.9 Å². The van der Waals surface area contributed by atoms with Crippen LogP contribution in [-0.2, 0) is 17.7 Å². The van der Waals surface area contributed by atoms with Crippen molar-refractivity contribution in [3.63, 3.8) is 0 Å². The molecule has 2 bridgehead atoms. The summed E-state index contributed by atoms with van der Waals surface area (Å²) < 4.78 is 35.0. The number of benzene rings is 1. The molecule has 2 aliphatic heterocycles. The molecule has 1 atom stereocenters. The van der Waals surface area contributed by atoms with E-state index in [4.69, 9.17) is 14.2 Å². The summed E-state index contributed by atoms with van der Waals surface area (Å²) in [7, 11) is 0. The van der Waals surface area contributed by atoms with Gasteiger partial charge in [-0.15, -0.1) is 10.2 Å². The van der Waals surface area contributed by atoms with Gasteiger partial charge in [-0.3, -0.25) is 19.3 Å². The van der Waals surface area contributed by atoms with Gasteiger partial charge in [-0.05, 0) is 45.9 Å². The number of fused-ring (bicyclic) bond motifs is 4. The van der Waals surface area contributed by atoms with Gasteiger partial charge in [0, 0.05) is 29.9 Å². The first-order valence-electron chi connectivity index (χ1n) is 11.9. The van der Waals surface area contributed by atoms with Gasteiger partial charge in [0.05, 0.1) is 23.5 Å². The monoisotopic (exact) mass is 504 g/mol. The van der Waals surface area contributed by atoms with E-state index in [0.29, 0.717) is 51.9 Å². The minimum Gasteiger partial charge on any atom is -0.486 e. The molecule has 0 saturated heterocycles. The first kappa shape index (κ1) is 23.1. The van der Waals surface area contributed by atoms with Crippen LogP contribution in [0.2, 0.25) is 0 Å². The highest BCUT2D eigenvalue weighted by Gasteiger charge is 2.35. The molecule has 0 spiro atoms. The third-order valence-corrected chi connectivity index (χ3v) is 6.32. The first-order valence-corrected chi connectivity index (χ1v) is 11.9. The van der Waals surface area contributed by atoms with Crippen LogP contribution < -0.4 is 14.4 Å². The number of anilines is 1. The molecule has 5 heterocycles. The molecule has 2 aliphatic rings. The summed E-state index contributed by atoms with van der Waals surface area (Å²) >= 11 is 0. The molecule has 6 rings (SSSR count). The SMILES string of the molecule is Cc1nccnc1-c1cc2c(n3cnnc13)N(C(=O)OC(C)(C)C)Cc1c(F)ccc3c1CC(CO2)O3. The Morgan fingerprint density at radius 3 is 2.76 bits per heavy atom. The van der Waals surface area contributed by atoms with Crippen molar-refractivity contribution in [1.82, 2.24) is 24.6 Å². The lowest BCUT2D eigenvalue weighted by atomic mass is 10.0. The van der Waals surface area contributed by atoms with Crippen molar-refractivity contribution in [2.75, 3.05) is 11.5 Å². The summed E-state index contributed by atoms with van der Waals surface area (Å²) in [6, 6.07) is 4.74. The van der Waals surface area contributed by atoms with Gasteiger partial charge in [0.1, 0.15) is 36.2 Å². The molecule has 0 aliphatic carbocycles. The van der Waals surface area contributed by atoms with E-state index in [9.17, 15) is 4.79 Å². The number of aryl methyl sites for hydroxylation is 1. The second-order valence-corrected chi connectivity index (χ2v) is 10.1. The van der Waals surface area contributed by atoms with Crippen LogP contribution in [-0.4, -0.2) is 49.0 Å². The number of halogens is 1. The molecular weight excluding hydrogens is 479 g/mol. The maximum Gasteiger partial charge on any atom is 0.416 e. The summed E-state index contributed by atoms with van der Waals surface area (Å²) in [5.41, 5.74) is 2.66. The number of nitrogens with zero attached hydrogens (tertiary/aromatic N) is 6. The van der Waals surface area contributed by atoms with Crippen molar-refractivity contribution in [1.29, 1.82) is 0 Å². The Morgan fingerprint density at radius 2 is 1.97 bits per heavy atom. The van der Waals surface area contributed by atoms with Crippen LogP contribution in [0.5, 0.6) is 11.5 Å². The highest BCUT2D eigenvalue weighted by Crippen LogP contribution is 2.41. The molecule has 0 fully saturated rings. The fourth-order valence-electron chi connectivity index (χ4n) is 4.74. The lowest BCUT2D eigenvalue weighted by Gasteiger charge is -2.30. The van der Waals surface area contributed by atoms with Crippen LogP contribution in [0.3, 0.4) is 0 Å². The van der Waals surface area contributed by atoms with Gasteiger partial charge in [0.15, 0.2) is 17.2 Å². The third kappa shape index (κ3) is 4.00. The standard InChI is InChI=1S/C26H25FN6O4/c1-14-22(29-8-7-28-14)17-10-21-24(33-13-30-31-23(17)33)32(25(34)37-26(2,3)4)11-18-16-9-15(12-35-21)36-20(16)6-5-19(18)27/h5-8,10,13,15H,9,11-12H2,1-4H3. The Kier molecular flexibility index (Phi) is 5.25. The van der Waals surface area contributed by atoms with Crippen LogP contribution in [0.25, 0.3) is 16.9 Å². The van der Waals surface area contributed by atoms with Gasteiger partial charge in [-0.25, -0.2) is 9.18 Å². The van der Waals surface area contributed by atoms with E-state index in [-0.39, 0.29) is 19.3 Å².